The fourth-order valence-electron chi connectivity index (χ4n) is 4.15. The van der Waals surface area contributed by atoms with E-state index in [2.05, 4.69) is 14.9 Å². The van der Waals surface area contributed by atoms with E-state index in [1.54, 1.807) is 18.5 Å². The Hall–Kier alpha value is -3.71. The monoisotopic (exact) mass is 472 g/mol. The van der Waals surface area contributed by atoms with E-state index in [-0.39, 0.29) is 12.5 Å². The number of piperazine rings is 1. The first-order valence-corrected chi connectivity index (χ1v) is 11.6. The van der Waals surface area contributed by atoms with Crippen molar-refractivity contribution in [3.8, 4) is 22.6 Å². The second-order valence-electron chi connectivity index (χ2n) is 8.32. The van der Waals surface area contributed by atoms with Crippen molar-refractivity contribution in [2.45, 2.75) is 13.5 Å². The molecule has 2 aromatic carbocycles. The van der Waals surface area contributed by atoms with E-state index in [4.69, 9.17) is 16.6 Å². The molecular weight excluding hydrogens is 448 g/mol. The van der Waals surface area contributed by atoms with Crippen molar-refractivity contribution in [2.75, 3.05) is 31.1 Å². The molecule has 1 amide bonds. The zero-order valence-electron chi connectivity index (χ0n) is 18.9. The summed E-state index contributed by atoms with van der Waals surface area (Å²) >= 11 is 6.22. The average molecular weight is 473 g/mol. The van der Waals surface area contributed by atoms with Crippen LogP contribution in [0.5, 0.6) is 0 Å². The van der Waals surface area contributed by atoms with Crippen LogP contribution in [0, 0.1) is 6.92 Å². The van der Waals surface area contributed by atoms with Crippen LogP contribution in [0.15, 0.2) is 73.2 Å². The SMILES string of the molecule is Cc1cc(-c2cn(CC(=O)N3CCN(c4ncccn4)CC3)c(-c3ccccc3)n2)ccc1Cl. The summed E-state index contributed by atoms with van der Waals surface area (Å²) < 4.78 is 1.95. The van der Waals surface area contributed by atoms with Crippen LogP contribution in [-0.4, -0.2) is 56.5 Å². The largest absolute Gasteiger partial charge is 0.338 e. The van der Waals surface area contributed by atoms with Gasteiger partial charge in [-0.1, -0.05) is 48.0 Å². The second-order valence-corrected chi connectivity index (χ2v) is 8.73. The van der Waals surface area contributed by atoms with Gasteiger partial charge in [0.25, 0.3) is 0 Å². The number of benzene rings is 2. The molecule has 0 radical (unpaired) electrons. The number of aryl methyl sites for hydroxylation is 1. The van der Waals surface area contributed by atoms with Crippen LogP contribution in [0.3, 0.4) is 0 Å². The van der Waals surface area contributed by atoms with Gasteiger partial charge in [0.05, 0.1) is 5.69 Å². The fraction of sp³-hybridized carbons (Fsp3) is 0.231. The first-order chi connectivity index (χ1) is 16.6. The quantitative estimate of drug-likeness (QED) is 0.433. The number of hydrogen-bond acceptors (Lipinski definition) is 5. The summed E-state index contributed by atoms with van der Waals surface area (Å²) in [5.41, 5.74) is 3.75. The Morgan fingerprint density at radius 2 is 1.68 bits per heavy atom. The number of nitrogens with zero attached hydrogens (tertiary/aromatic N) is 6. The smallest absolute Gasteiger partial charge is 0.242 e. The minimum atomic E-state index is 0.0713. The Kier molecular flexibility index (Phi) is 6.27. The van der Waals surface area contributed by atoms with Gasteiger partial charge in [-0.25, -0.2) is 15.0 Å². The summed E-state index contributed by atoms with van der Waals surface area (Å²) in [6, 6.07) is 17.6. The molecular formula is C26H25ClN6O. The maximum absolute atomic E-state index is 13.2. The number of halogens is 1. The van der Waals surface area contributed by atoms with Crippen LogP contribution in [0.1, 0.15) is 5.56 Å². The number of hydrogen-bond donors (Lipinski definition) is 0. The lowest BCUT2D eigenvalue weighted by Gasteiger charge is -2.34. The molecule has 0 spiro atoms. The zero-order valence-corrected chi connectivity index (χ0v) is 19.7. The lowest BCUT2D eigenvalue weighted by Crippen LogP contribution is -2.50. The van der Waals surface area contributed by atoms with Crippen molar-refractivity contribution < 1.29 is 4.79 Å². The Balaban J connectivity index is 1.36. The summed E-state index contributed by atoms with van der Waals surface area (Å²) in [7, 11) is 0. The number of carbonyl (C=O) groups excluding carboxylic acids is 1. The molecule has 0 bridgehead atoms. The van der Waals surface area contributed by atoms with E-state index in [0.717, 1.165) is 33.2 Å². The minimum Gasteiger partial charge on any atom is -0.338 e. The van der Waals surface area contributed by atoms with Crippen molar-refractivity contribution in [1.29, 1.82) is 0 Å². The van der Waals surface area contributed by atoms with Gasteiger partial charge in [0, 0.05) is 60.9 Å². The molecule has 34 heavy (non-hydrogen) atoms. The van der Waals surface area contributed by atoms with Crippen LogP contribution < -0.4 is 4.90 Å². The number of carbonyl (C=O) groups is 1. The summed E-state index contributed by atoms with van der Waals surface area (Å²) in [6.45, 7) is 4.89. The molecule has 8 heteroatoms. The van der Waals surface area contributed by atoms with Crippen LogP contribution in [0.4, 0.5) is 5.95 Å². The van der Waals surface area contributed by atoms with Crippen molar-refractivity contribution in [3.05, 3.63) is 83.8 Å². The normalized spacial score (nSPS) is 13.8. The molecule has 0 unspecified atom stereocenters. The molecule has 5 rings (SSSR count). The highest BCUT2D eigenvalue weighted by Gasteiger charge is 2.24. The highest BCUT2D eigenvalue weighted by atomic mass is 35.5. The van der Waals surface area contributed by atoms with Crippen LogP contribution in [-0.2, 0) is 11.3 Å². The van der Waals surface area contributed by atoms with Crippen LogP contribution >= 0.6 is 11.6 Å². The van der Waals surface area contributed by atoms with Crippen LogP contribution in [0.2, 0.25) is 5.02 Å². The first kappa shape index (κ1) is 22.1. The average Bonchev–Trinajstić information content (AvgIpc) is 3.30. The Bertz CT molecular complexity index is 1280. The lowest BCUT2D eigenvalue weighted by molar-refractivity contribution is -0.132. The molecule has 1 aliphatic rings. The third-order valence-corrected chi connectivity index (χ3v) is 6.46. The summed E-state index contributed by atoms with van der Waals surface area (Å²) in [5, 5.41) is 0.724. The van der Waals surface area contributed by atoms with E-state index in [1.165, 1.54) is 0 Å². The van der Waals surface area contributed by atoms with Gasteiger partial charge in [-0.05, 0) is 30.7 Å². The molecule has 172 valence electrons. The molecule has 2 aromatic heterocycles. The predicted molar refractivity (Wildman–Crippen MR) is 134 cm³/mol. The van der Waals surface area contributed by atoms with E-state index in [1.807, 2.05) is 71.1 Å². The molecule has 1 saturated heterocycles. The van der Waals surface area contributed by atoms with E-state index >= 15 is 0 Å². The van der Waals surface area contributed by atoms with Crippen molar-refractivity contribution >= 4 is 23.5 Å². The number of amides is 1. The van der Waals surface area contributed by atoms with Crippen molar-refractivity contribution in [2.24, 2.45) is 0 Å². The number of imidazole rings is 1. The lowest BCUT2D eigenvalue weighted by atomic mass is 10.1. The van der Waals surface area contributed by atoms with Gasteiger partial charge in [-0.3, -0.25) is 4.79 Å². The van der Waals surface area contributed by atoms with Crippen LogP contribution in [0.25, 0.3) is 22.6 Å². The van der Waals surface area contributed by atoms with E-state index < -0.39 is 0 Å². The molecule has 1 aliphatic heterocycles. The van der Waals surface area contributed by atoms with Gasteiger partial charge < -0.3 is 14.4 Å². The topological polar surface area (TPSA) is 67.2 Å². The summed E-state index contributed by atoms with van der Waals surface area (Å²) in [4.78, 5) is 30.8. The summed E-state index contributed by atoms with van der Waals surface area (Å²) in [5.74, 6) is 1.55. The van der Waals surface area contributed by atoms with Crippen molar-refractivity contribution in [1.82, 2.24) is 24.4 Å². The maximum atomic E-state index is 13.2. The minimum absolute atomic E-state index is 0.0713. The summed E-state index contributed by atoms with van der Waals surface area (Å²) in [6.07, 6.45) is 5.44. The third kappa shape index (κ3) is 4.65. The fourth-order valence-corrected chi connectivity index (χ4v) is 4.27. The van der Waals surface area contributed by atoms with Gasteiger partial charge in [0.1, 0.15) is 12.4 Å². The zero-order chi connectivity index (χ0) is 23.5. The molecule has 1 fully saturated rings. The molecule has 0 N–H and O–H groups in total. The third-order valence-electron chi connectivity index (χ3n) is 6.04. The van der Waals surface area contributed by atoms with Gasteiger partial charge in [-0.15, -0.1) is 0 Å². The molecule has 0 saturated carbocycles. The molecule has 0 atom stereocenters. The Labute approximate surface area is 203 Å². The van der Waals surface area contributed by atoms with Gasteiger partial charge >= 0.3 is 0 Å². The highest BCUT2D eigenvalue weighted by molar-refractivity contribution is 6.31. The second kappa shape index (κ2) is 9.65. The van der Waals surface area contributed by atoms with Gasteiger partial charge in [0.15, 0.2) is 0 Å². The van der Waals surface area contributed by atoms with E-state index in [0.29, 0.717) is 32.1 Å². The first-order valence-electron chi connectivity index (χ1n) is 11.3. The maximum Gasteiger partial charge on any atom is 0.242 e. The highest BCUT2D eigenvalue weighted by Crippen LogP contribution is 2.28. The predicted octanol–water partition coefficient (Wildman–Crippen LogP) is 4.32. The Morgan fingerprint density at radius 1 is 0.941 bits per heavy atom. The number of aromatic nitrogens is 4. The molecule has 3 heterocycles. The molecule has 0 aliphatic carbocycles. The van der Waals surface area contributed by atoms with Crippen molar-refractivity contribution in [3.63, 3.8) is 0 Å². The van der Waals surface area contributed by atoms with Gasteiger partial charge in [0.2, 0.25) is 11.9 Å². The number of rotatable bonds is 5. The van der Waals surface area contributed by atoms with E-state index in [9.17, 15) is 4.79 Å². The Morgan fingerprint density at radius 3 is 2.38 bits per heavy atom. The molecule has 4 aromatic rings. The van der Waals surface area contributed by atoms with Gasteiger partial charge in [-0.2, -0.15) is 0 Å². The number of anilines is 1. The molecule has 7 nitrogen and oxygen atoms in total. The standard InChI is InChI=1S/C26H25ClN6O/c1-19-16-21(8-9-22(19)27)23-17-33(25(30-23)20-6-3-2-4-7-20)18-24(34)31-12-14-32(15-13-31)26-28-10-5-11-29-26/h2-11,16-17H,12-15,18H2,1H3.